The van der Waals surface area contributed by atoms with Crippen LogP contribution in [0.15, 0.2) is 11.3 Å². The average Bonchev–Trinajstić information content (AvgIpc) is 2.30. The van der Waals surface area contributed by atoms with Crippen molar-refractivity contribution in [2.75, 3.05) is 7.05 Å². The quantitative estimate of drug-likeness (QED) is 0.406. The summed E-state index contributed by atoms with van der Waals surface area (Å²) in [6.45, 7) is 2.11. The fourth-order valence-corrected chi connectivity index (χ4v) is 1.62. The molecule has 0 heterocycles. The maximum atomic E-state index is 7.34. The smallest absolute Gasteiger partial charge is 0.120 e. The minimum Gasteiger partial charge on any atom is -0.391 e. The Morgan fingerprint density at radius 1 is 1.73 bits per heavy atom. The first-order chi connectivity index (χ1) is 5.16. The molecule has 3 heteroatoms. The van der Waals surface area contributed by atoms with E-state index in [0.717, 1.165) is 24.1 Å². The van der Waals surface area contributed by atoms with Gasteiger partial charge in [-0.05, 0) is 18.8 Å². The zero-order chi connectivity index (χ0) is 8.43. The molecular formula is C8H15N3. The highest BCUT2D eigenvalue weighted by molar-refractivity contribution is 5.96. The standard InChI is InChI=1S/C8H15N3/c1-5-3-4-6(11-2)7(5)8(9)10/h5,11H,3-4H2,1-2H3,(H3,9,10)/t5-/m1/s1. The zero-order valence-corrected chi connectivity index (χ0v) is 7.07. The molecule has 62 valence electrons. The Morgan fingerprint density at radius 2 is 2.36 bits per heavy atom. The molecule has 1 atom stereocenters. The normalized spacial score (nSPS) is 24.0. The lowest BCUT2D eigenvalue weighted by molar-refractivity contribution is 0.680. The first-order valence-corrected chi connectivity index (χ1v) is 3.92. The van der Waals surface area contributed by atoms with Crippen molar-refractivity contribution in [2.24, 2.45) is 11.7 Å². The molecule has 0 aromatic rings. The topological polar surface area (TPSA) is 61.9 Å². The summed E-state index contributed by atoms with van der Waals surface area (Å²) >= 11 is 0. The Labute approximate surface area is 67.2 Å². The Kier molecular flexibility index (Phi) is 2.17. The fourth-order valence-electron chi connectivity index (χ4n) is 1.62. The minimum atomic E-state index is 0.222. The molecule has 0 radical (unpaired) electrons. The number of hydrogen-bond acceptors (Lipinski definition) is 2. The zero-order valence-electron chi connectivity index (χ0n) is 7.07. The molecule has 1 rings (SSSR count). The lowest BCUT2D eigenvalue weighted by Gasteiger charge is -2.08. The molecule has 0 spiro atoms. The number of nitrogens with one attached hydrogen (secondary N) is 2. The molecule has 4 N–H and O–H groups in total. The van der Waals surface area contributed by atoms with Gasteiger partial charge in [0.05, 0.1) is 0 Å². The van der Waals surface area contributed by atoms with Crippen LogP contribution >= 0.6 is 0 Å². The summed E-state index contributed by atoms with van der Waals surface area (Å²) in [6.07, 6.45) is 2.15. The van der Waals surface area contributed by atoms with Crippen LogP contribution in [-0.2, 0) is 0 Å². The van der Waals surface area contributed by atoms with Gasteiger partial charge in [0.2, 0.25) is 0 Å². The van der Waals surface area contributed by atoms with Gasteiger partial charge in [-0.25, -0.2) is 0 Å². The summed E-state index contributed by atoms with van der Waals surface area (Å²) in [6, 6.07) is 0. The van der Waals surface area contributed by atoms with Crippen molar-refractivity contribution >= 4 is 5.84 Å². The lowest BCUT2D eigenvalue weighted by Crippen LogP contribution is -2.19. The molecule has 0 saturated heterocycles. The molecule has 0 amide bonds. The van der Waals surface area contributed by atoms with E-state index in [9.17, 15) is 0 Å². The van der Waals surface area contributed by atoms with E-state index < -0.39 is 0 Å². The van der Waals surface area contributed by atoms with Crippen LogP contribution in [0.3, 0.4) is 0 Å². The van der Waals surface area contributed by atoms with E-state index in [4.69, 9.17) is 11.1 Å². The van der Waals surface area contributed by atoms with E-state index in [2.05, 4.69) is 12.2 Å². The number of amidine groups is 1. The van der Waals surface area contributed by atoms with Gasteiger partial charge in [-0.1, -0.05) is 6.92 Å². The van der Waals surface area contributed by atoms with Gasteiger partial charge in [0.1, 0.15) is 5.84 Å². The maximum absolute atomic E-state index is 7.34. The number of rotatable bonds is 2. The van der Waals surface area contributed by atoms with Crippen LogP contribution in [0.4, 0.5) is 0 Å². The minimum absolute atomic E-state index is 0.222. The molecular weight excluding hydrogens is 138 g/mol. The molecule has 0 aromatic carbocycles. The summed E-state index contributed by atoms with van der Waals surface area (Å²) in [7, 11) is 1.89. The van der Waals surface area contributed by atoms with Crippen molar-refractivity contribution in [3.8, 4) is 0 Å². The second-order valence-corrected chi connectivity index (χ2v) is 3.00. The molecule has 0 saturated carbocycles. The van der Waals surface area contributed by atoms with Crippen LogP contribution in [0.1, 0.15) is 19.8 Å². The van der Waals surface area contributed by atoms with E-state index in [1.165, 1.54) is 0 Å². The average molecular weight is 153 g/mol. The summed E-state index contributed by atoms with van der Waals surface area (Å²) in [5, 5.41) is 10.4. The summed E-state index contributed by atoms with van der Waals surface area (Å²) in [5.41, 5.74) is 7.59. The van der Waals surface area contributed by atoms with Gasteiger partial charge in [0.25, 0.3) is 0 Å². The van der Waals surface area contributed by atoms with Gasteiger partial charge in [-0.2, -0.15) is 0 Å². The monoisotopic (exact) mass is 153 g/mol. The van der Waals surface area contributed by atoms with Gasteiger partial charge in [-0.15, -0.1) is 0 Å². The molecule has 0 unspecified atom stereocenters. The van der Waals surface area contributed by atoms with Crippen molar-refractivity contribution in [3.05, 3.63) is 11.3 Å². The van der Waals surface area contributed by atoms with Crippen molar-refractivity contribution in [1.29, 1.82) is 5.41 Å². The highest BCUT2D eigenvalue weighted by Gasteiger charge is 2.22. The molecule has 1 aliphatic carbocycles. The second-order valence-electron chi connectivity index (χ2n) is 3.00. The van der Waals surface area contributed by atoms with Crippen LogP contribution in [0.2, 0.25) is 0 Å². The van der Waals surface area contributed by atoms with Crippen LogP contribution < -0.4 is 11.1 Å². The molecule has 3 nitrogen and oxygen atoms in total. The fraction of sp³-hybridized carbons (Fsp3) is 0.625. The van der Waals surface area contributed by atoms with Crippen molar-refractivity contribution in [2.45, 2.75) is 19.8 Å². The Bertz CT molecular complexity index is 205. The Balaban J connectivity index is 2.90. The third-order valence-corrected chi connectivity index (χ3v) is 2.24. The summed E-state index contributed by atoms with van der Waals surface area (Å²) in [4.78, 5) is 0. The first kappa shape index (κ1) is 8.11. The van der Waals surface area contributed by atoms with E-state index in [1.807, 2.05) is 7.05 Å². The van der Waals surface area contributed by atoms with Gasteiger partial charge >= 0.3 is 0 Å². The van der Waals surface area contributed by atoms with Gasteiger partial charge in [0, 0.05) is 18.3 Å². The summed E-state index contributed by atoms with van der Waals surface area (Å²) in [5.74, 6) is 0.675. The van der Waals surface area contributed by atoms with E-state index in [1.54, 1.807) is 0 Å². The number of nitrogens with two attached hydrogens (primary N) is 1. The van der Waals surface area contributed by atoms with Gasteiger partial charge in [-0.3, -0.25) is 5.41 Å². The van der Waals surface area contributed by atoms with Crippen molar-refractivity contribution < 1.29 is 0 Å². The highest BCUT2D eigenvalue weighted by atomic mass is 14.9. The molecule has 0 aliphatic heterocycles. The molecule has 0 bridgehead atoms. The van der Waals surface area contributed by atoms with Crippen molar-refractivity contribution in [1.82, 2.24) is 5.32 Å². The van der Waals surface area contributed by atoms with E-state index in [-0.39, 0.29) is 5.84 Å². The van der Waals surface area contributed by atoms with E-state index in [0.29, 0.717) is 5.92 Å². The Hall–Kier alpha value is -0.990. The predicted molar refractivity (Wildman–Crippen MR) is 46.4 cm³/mol. The van der Waals surface area contributed by atoms with Gasteiger partial charge in [0.15, 0.2) is 0 Å². The third-order valence-electron chi connectivity index (χ3n) is 2.24. The highest BCUT2D eigenvalue weighted by Crippen LogP contribution is 2.29. The summed E-state index contributed by atoms with van der Waals surface area (Å²) < 4.78 is 0. The third kappa shape index (κ3) is 1.37. The van der Waals surface area contributed by atoms with Crippen molar-refractivity contribution in [3.63, 3.8) is 0 Å². The van der Waals surface area contributed by atoms with Gasteiger partial charge < -0.3 is 11.1 Å². The molecule has 11 heavy (non-hydrogen) atoms. The largest absolute Gasteiger partial charge is 0.391 e. The first-order valence-electron chi connectivity index (χ1n) is 3.92. The molecule has 0 fully saturated rings. The van der Waals surface area contributed by atoms with Crippen LogP contribution in [-0.4, -0.2) is 12.9 Å². The lowest BCUT2D eigenvalue weighted by atomic mass is 10.0. The second kappa shape index (κ2) is 2.95. The van der Waals surface area contributed by atoms with E-state index >= 15 is 0 Å². The number of hydrogen-bond donors (Lipinski definition) is 3. The van der Waals surface area contributed by atoms with Crippen LogP contribution in [0.5, 0.6) is 0 Å². The molecule has 0 aromatic heterocycles. The number of allylic oxidation sites excluding steroid dienone is 1. The molecule has 1 aliphatic rings. The Morgan fingerprint density at radius 3 is 2.73 bits per heavy atom. The maximum Gasteiger partial charge on any atom is 0.120 e. The van der Waals surface area contributed by atoms with Crippen LogP contribution in [0, 0.1) is 11.3 Å². The predicted octanol–water partition coefficient (Wildman–Crippen LogP) is 0.826. The van der Waals surface area contributed by atoms with Crippen LogP contribution in [0.25, 0.3) is 0 Å². The SMILES string of the molecule is CNC1=C(C(=N)N)[C@H](C)CC1.